The van der Waals surface area contributed by atoms with Gasteiger partial charge in [-0.15, -0.1) is 0 Å². The average molecular weight is 246 g/mol. The fraction of sp³-hybridized carbons (Fsp3) is 0.625. The summed E-state index contributed by atoms with van der Waals surface area (Å²) in [6.45, 7) is 4.46. The van der Waals surface area contributed by atoms with Crippen LogP contribution in [-0.4, -0.2) is 6.04 Å². The van der Waals surface area contributed by atoms with Crippen LogP contribution < -0.4 is 11.3 Å². The fourth-order valence-corrected chi connectivity index (χ4v) is 2.66. The highest BCUT2D eigenvalue weighted by Crippen LogP contribution is 2.31. The highest BCUT2D eigenvalue weighted by atomic mass is 15.2. The van der Waals surface area contributed by atoms with E-state index in [0.717, 1.165) is 12.3 Å². The molecule has 1 unspecified atom stereocenters. The zero-order valence-electron chi connectivity index (χ0n) is 11.7. The highest BCUT2D eigenvalue weighted by Gasteiger charge is 2.21. The zero-order chi connectivity index (χ0) is 13.0. The first-order valence-corrected chi connectivity index (χ1v) is 7.24. The lowest BCUT2D eigenvalue weighted by atomic mass is 9.80. The summed E-state index contributed by atoms with van der Waals surface area (Å²) in [5.41, 5.74) is 5.79. The monoisotopic (exact) mass is 246 g/mol. The van der Waals surface area contributed by atoms with Gasteiger partial charge in [-0.2, -0.15) is 0 Å². The maximum absolute atomic E-state index is 5.68. The Balaban J connectivity index is 1.89. The van der Waals surface area contributed by atoms with E-state index < -0.39 is 0 Å². The van der Waals surface area contributed by atoms with Crippen LogP contribution >= 0.6 is 0 Å². The summed E-state index contributed by atoms with van der Waals surface area (Å²) in [5.74, 6) is 7.19. The van der Waals surface area contributed by atoms with Crippen molar-refractivity contribution in [2.45, 2.75) is 57.9 Å². The highest BCUT2D eigenvalue weighted by molar-refractivity contribution is 5.25. The number of hydrazine groups is 1. The molecule has 0 saturated heterocycles. The van der Waals surface area contributed by atoms with Crippen molar-refractivity contribution in [3.63, 3.8) is 0 Å². The third kappa shape index (κ3) is 3.56. The lowest BCUT2D eigenvalue weighted by Gasteiger charge is -2.29. The van der Waals surface area contributed by atoms with Crippen LogP contribution in [0.15, 0.2) is 24.3 Å². The number of hydrogen-bond acceptors (Lipinski definition) is 2. The molecule has 0 aliphatic heterocycles. The van der Waals surface area contributed by atoms with Gasteiger partial charge >= 0.3 is 0 Å². The molecule has 1 aliphatic rings. The molecule has 1 aliphatic carbocycles. The first kappa shape index (κ1) is 13.6. The van der Waals surface area contributed by atoms with Gasteiger partial charge in [0.2, 0.25) is 0 Å². The van der Waals surface area contributed by atoms with Crippen LogP contribution in [0.25, 0.3) is 0 Å². The Hall–Kier alpha value is -0.860. The Kier molecular flexibility index (Phi) is 4.79. The smallest absolute Gasteiger partial charge is 0.0253 e. The van der Waals surface area contributed by atoms with Gasteiger partial charge in [-0.25, -0.2) is 0 Å². The molecule has 0 radical (unpaired) electrons. The van der Waals surface area contributed by atoms with E-state index in [-0.39, 0.29) is 0 Å². The van der Waals surface area contributed by atoms with E-state index in [4.69, 9.17) is 5.84 Å². The van der Waals surface area contributed by atoms with Crippen molar-refractivity contribution in [3.8, 4) is 0 Å². The third-order valence-corrected chi connectivity index (χ3v) is 4.21. The molecule has 100 valence electrons. The normalized spacial score (nSPS) is 17.8. The van der Waals surface area contributed by atoms with E-state index in [9.17, 15) is 0 Å². The van der Waals surface area contributed by atoms with Crippen LogP contribution in [-0.2, 0) is 6.42 Å². The molecule has 0 amide bonds. The molecule has 0 bridgehead atoms. The predicted molar refractivity (Wildman–Crippen MR) is 77.3 cm³/mol. The quantitative estimate of drug-likeness (QED) is 0.596. The SMILES string of the molecule is CC(C)c1ccc(CC(CC2CCC2)NN)cc1. The van der Waals surface area contributed by atoms with Crippen LogP contribution in [0, 0.1) is 5.92 Å². The molecule has 1 aromatic rings. The summed E-state index contributed by atoms with van der Waals surface area (Å²) in [4.78, 5) is 0. The van der Waals surface area contributed by atoms with Crippen molar-refractivity contribution in [2.75, 3.05) is 0 Å². The second-order valence-electron chi connectivity index (χ2n) is 6.00. The van der Waals surface area contributed by atoms with Crippen molar-refractivity contribution < 1.29 is 0 Å². The van der Waals surface area contributed by atoms with Gasteiger partial charge in [0.1, 0.15) is 0 Å². The second kappa shape index (κ2) is 6.35. The Morgan fingerprint density at radius 2 is 1.89 bits per heavy atom. The summed E-state index contributed by atoms with van der Waals surface area (Å²) >= 11 is 0. The van der Waals surface area contributed by atoms with Crippen LogP contribution in [0.2, 0.25) is 0 Å². The molecule has 1 fully saturated rings. The molecule has 1 saturated carbocycles. The topological polar surface area (TPSA) is 38.0 Å². The maximum atomic E-state index is 5.68. The Morgan fingerprint density at radius 3 is 2.33 bits per heavy atom. The summed E-state index contributed by atoms with van der Waals surface area (Å²) in [6.07, 6.45) is 6.47. The predicted octanol–water partition coefficient (Wildman–Crippen LogP) is 3.37. The minimum absolute atomic E-state index is 0.431. The summed E-state index contributed by atoms with van der Waals surface area (Å²) in [6, 6.07) is 9.43. The summed E-state index contributed by atoms with van der Waals surface area (Å²) < 4.78 is 0. The van der Waals surface area contributed by atoms with Crippen molar-refractivity contribution >= 4 is 0 Å². The van der Waals surface area contributed by atoms with Gasteiger partial charge < -0.3 is 0 Å². The lowest BCUT2D eigenvalue weighted by Crippen LogP contribution is -2.39. The van der Waals surface area contributed by atoms with E-state index in [1.807, 2.05) is 0 Å². The number of nitrogens with one attached hydrogen (secondary N) is 1. The van der Waals surface area contributed by atoms with Crippen molar-refractivity contribution in [2.24, 2.45) is 11.8 Å². The van der Waals surface area contributed by atoms with E-state index in [1.54, 1.807) is 0 Å². The molecule has 0 heterocycles. The van der Waals surface area contributed by atoms with Gasteiger partial charge in [0.25, 0.3) is 0 Å². The standard InChI is InChI=1S/C16H26N2/c1-12(2)15-8-6-14(7-9-15)11-16(18-17)10-13-4-3-5-13/h6-9,12-13,16,18H,3-5,10-11,17H2,1-2H3. The van der Waals surface area contributed by atoms with Gasteiger partial charge in [0.15, 0.2) is 0 Å². The molecule has 3 N–H and O–H groups in total. The first-order valence-electron chi connectivity index (χ1n) is 7.24. The van der Waals surface area contributed by atoms with E-state index >= 15 is 0 Å². The fourth-order valence-electron chi connectivity index (χ4n) is 2.66. The van der Waals surface area contributed by atoms with Crippen molar-refractivity contribution in [1.82, 2.24) is 5.43 Å². The Labute approximate surface area is 111 Å². The van der Waals surface area contributed by atoms with Gasteiger partial charge in [-0.05, 0) is 35.8 Å². The number of nitrogens with two attached hydrogens (primary N) is 1. The molecule has 2 nitrogen and oxygen atoms in total. The molecular formula is C16H26N2. The number of rotatable bonds is 6. The second-order valence-corrected chi connectivity index (χ2v) is 6.00. The van der Waals surface area contributed by atoms with Crippen molar-refractivity contribution in [1.29, 1.82) is 0 Å². The van der Waals surface area contributed by atoms with Crippen LogP contribution in [0.4, 0.5) is 0 Å². The molecule has 1 atom stereocenters. The van der Waals surface area contributed by atoms with Crippen LogP contribution in [0.3, 0.4) is 0 Å². The number of benzene rings is 1. The number of hydrogen-bond donors (Lipinski definition) is 2. The molecule has 1 aromatic carbocycles. The Morgan fingerprint density at radius 1 is 1.22 bits per heavy atom. The van der Waals surface area contributed by atoms with Gasteiger partial charge in [-0.1, -0.05) is 57.4 Å². The molecule has 0 aromatic heterocycles. The maximum Gasteiger partial charge on any atom is 0.0253 e. The van der Waals surface area contributed by atoms with Crippen LogP contribution in [0.5, 0.6) is 0 Å². The molecular weight excluding hydrogens is 220 g/mol. The first-order chi connectivity index (χ1) is 8.69. The molecule has 2 rings (SSSR count). The Bertz CT molecular complexity index is 352. The molecule has 0 spiro atoms. The average Bonchev–Trinajstić information content (AvgIpc) is 2.32. The van der Waals surface area contributed by atoms with Gasteiger partial charge in [0.05, 0.1) is 0 Å². The summed E-state index contributed by atoms with van der Waals surface area (Å²) in [5, 5.41) is 0. The van der Waals surface area contributed by atoms with Crippen molar-refractivity contribution in [3.05, 3.63) is 35.4 Å². The molecule has 18 heavy (non-hydrogen) atoms. The zero-order valence-corrected chi connectivity index (χ0v) is 11.7. The molecule has 2 heteroatoms. The van der Waals surface area contributed by atoms with E-state index in [1.165, 1.54) is 36.8 Å². The van der Waals surface area contributed by atoms with Gasteiger partial charge in [0, 0.05) is 6.04 Å². The third-order valence-electron chi connectivity index (χ3n) is 4.21. The summed E-state index contributed by atoms with van der Waals surface area (Å²) in [7, 11) is 0. The van der Waals surface area contributed by atoms with Gasteiger partial charge in [-0.3, -0.25) is 11.3 Å². The van der Waals surface area contributed by atoms with E-state index in [0.29, 0.717) is 12.0 Å². The minimum atomic E-state index is 0.431. The largest absolute Gasteiger partial charge is 0.271 e. The van der Waals surface area contributed by atoms with Crippen LogP contribution in [0.1, 0.15) is 56.6 Å². The minimum Gasteiger partial charge on any atom is -0.271 e. The lowest BCUT2D eigenvalue weighted by molar-refractivity contribution is 0.259. The van der Waals surface area contributed by atoms with E-state index in [2.05, 4.69) is 43.5 Å².